The van der Waals surface area contributed by atoms with E-state index in [1.165, 1.54) is 19.4 Å². The van der Waals surface area contributed by atoms with E-state index in [1.807, 2.05) is 6.92 Å². The first-order valence-electron chi connectivity index (χ1n) is 7.17. The van der Waals surface area contributed by atoms with Crippen molar-refractivity contribution < 1.29 is 19.1 Å². The van der Waals surface area contributed by atoms with Gasteiger partial charge in [-0.25, -0.2) is 4.98 Å². The molecule has 23 heavy (non-hydrogen) atoms. The number of carbonyl (C=O) groups is 3. The summed E-state index contributed by atoms with van der Waals surface area (Å²) in [5.74, 6) is -1.49. The number of nitrogens with two attached hydrogens (primary N) is 1. The van der Waals surface area contributed by atoms with Crippen molar-refractivity contribution in [3.05, 3.63) is 28.5 Å². The van der Waals surface area contributed by atoms with E-state index in [4.69, 9.17) is 22.1 Å². The number of ether oxygens (including phenoxy) is 1. The Bertz CT molecular complexity index is 650. The second kappa shape index (κ2) is 6.95. The summed E-state index contributed by atoms with van der Waals surface area (Å²) in [5.41, 5.74) is 5.36. The molecule has 8 heteroatoms. The molecule has 1 aliphatic heterocycles. The Morgan fingerprint density at radius 2 is 2.13 bits per heavy atom. The lowest BCUT2D eigenvalue weighted by molar-refractivity contribution is -0.148. The van der Waals surface area contributed by atoms with Gasteiger partial charge in [-0.15, -0.1) is 0 Å². The highest BCUT2D eigenvalue weighted by atomic mass is 35.5. The van der Waals surface area contributed by atoms with Crippen molar-refractivity contribution in [3.8, 4) is 0 Å². The number of piperidine rings is 1. The summed E-state index contributed by atoms with van der Waals surface area (Å²) in [6.45, 7) is 2.72. The van der Waals surface area contributed by atoms with Crippen molar-refractivity contribution in [2.45, 2.75) is 13.3 Å². The van der Waals surface area contributed by atoms with Gasteiger partial charge < -0.3 is 15.4 Å². The van der Waals surface area contributed by atoms with Crippen molar-refractivity contribution >= 4 is 29.4 Å². The largest absolute Gasteiger partial charge is 0.469 e. The van der Waals surface area contributed by atoms with Gasteiger partial charge in [0.2, 0.25) is 5.91 Å². The molecule has 7 nitrogen and oxygen atoms in total. The SMILES string of the molecule is COC(=O)[C@@H]1CCN(C(=O)c2ncc(C(N)=O)cc2Cl)C[C@H]1C. The number of hydrogen-bond donors (Lipinski definition) is 1. The molecule has 0 radical (unpaired) electrons. The number of rotatable bonds is 3. The third-order valence-electron chi connectivity index (χ3n) is 4.02. The number of esters is 1. The number of pyridine rings is 1. The molecule has 2 atom stereocenters. The molecule has 2 rings (SSSR count). The molecular formula is C15H18ClN3O4. The molecular weight excluding hydrogens is 322 g/mol. The molecule has 0 bridgehead atoms. The summed E-state index contributed by atoms with van der Waals surface area (Å²) in [4.78, 5) is 40.9. The van der Waals surface area contributed by atoms with Crippen LogP contribution in [0.15, 0.2) is 12.3 Å². The van der Waals surface area contributed by atoms with Gasteiger partial charge in [-0.3, -0.25) is 14.4 Å². The summed E-state index contributed by atoms with van der Waals surface area (Å²) in [7, 11) is 1.36. The zero-order valence-corrected chi connectivity index (χ0v) is 13.7. The first-order chi connectivity index (χ1) is 10.8. The summed E-state index contributed by atoms with van der Waals surface area (Å²) >= 11 is 6.03. The van der Waals surface area contributed by atoms with Crippen LogP contribution < -0.4 is 5.73 Å². The Balaban J connectivity index is 2.13. The van der Waals surface area contributed by atoms with Crippen LogP contribution in [0, 0.1) is 11.8 Å². The molecule has 2 heterocycles. The fraction of sp³-hybridized carbons (Fsp3) is 0.467. The first kappa shape index (κ1) is 17.2. The average Bonchev–Trinajstić information content (AvgIpc) is 2.53. The van der Waals surface area contributed by atoms with Gasteiger partial charge in [-0.1, -0.05) is 18.5 Å². The van der Waals surface area contributed by atoms with Gasteiger partial charge in [0.1, 0.15) is 5.69 Å². The van der Waals surface area contributed by atoms with Gasteiger partial charge in [0.05, 0.1) is 23.6 Å². The van der Waals surface area contributed by atoms with Crippen molar-refractivity contribution in [1.29, 1.82) is 0 Å². The van der Waals surface area contributed by atoms with Crippen molar-refractivity contribution in [2.24, 2.45) is 17.6 Å². The molecule has 1 aliphatic rings. The zero-order valence-electron chi connectivity index (χ0n) is 12.9. The van der Waals surface area contributed by atoms with Gasteiger partial charge in [-0.05, 0) is 18.4 Å². The Labute approximate surface area is 138 Å². The number of hydrogen-bond acceptors (Lipinski definition) is 5. The van der Waals surface area contributed by atoms with Crippen LogP contribution in [0.4, 0.5) is 0 Å². The third-order valence-corrected chi connectivity index (χ3v) is 4.31. The number of halogens is 1. The number of aromatic nitrogens is 1. The third kappa shape index (κ3) is 3.61. The molecule has 2 amide bonds. The summed E-state index contributed by atoms with van der Waals surface area (Å²) in [6, 6.07) is 1.33. The van der Waals surface area contributed by atoms with E-state index in [2.05, 4.69) is 4.98 Å². The van der Waals surface area contributed by atoms with E-state index in [1.54, 1.807) is 4.90 Å². The fourth-order valence-corrected chi connectivity index (χ4v) is 2.96. The average molecular weight is 340 g/mol. The molecule has 1 saturated heterocycles. The molecule has 2 N–H and O–H groups in total. The molecule has 1 aromatic rings. The molecule has 0 unspecified atom stereocenters. The minimum Gasteiger partial charge on any atom is -0.469 e. The van der Waals surface area contributed by atoms with Crippen LogP contribution in [0.1, 0.15) is 34.2 Å². The maximum atomic E-state index is 12.5. The molecule has 0 saturated carbocycles. The predicted octanol–water partition coefficient (Wildman–Crippen LogP) is 1.11. The summed E-state index contributed by atoms with van der Waals surface area (Å²) < 4.78 is 4.78. The van der Waals surface area contributed by atoms with Gasteiger partial charge in [0.25, 0.3) is 5.91 Å². The topological polar surface area (TPSA) is 103 Å². The Kier molecular flexibility index (Phi) is 5.20. The van der Waals surface area contributed by atoms with E-state index in [-0.39, 0.29) is 40.0 Å². The highest BCUT2D eigenvalue weighted by Gasteiger charge is 2.34. The lowest BCUT2D eigenvalue weighted by Gasteiger charge is -2.35. The zero-order chi connectivity index (χ0) is 17.1. The van der Waals surface area contributed by atoms with Crippen LogP contribution >= 0.6 is 11.6 Å². The molecule has 1 aromatic heterocycles. The maximum absolute atomic E-state index is 12.5. The number of amides is 2. The van der Waals surface area contributed by atoms with Crippen LogP contribution in [0.3, 0.4) is 0 Å². The van der Waals surface area contributed by atoms with E-state index >= 15 is 0 Å². The Hall–Kier alpha value is -2.15. The summed E-state index contributed by atoms with van der Waals surface area (Å²) in [6.07, 6.45) is 1.75. The Morgan fingerprint density at radius 3 is 2.65 bits per heavy atom. The van der Waals surface area contributed by atoms with Crippen LogP contribution in [0.2, 0.25) is 5.02 Å². The van der Waals surface area contributed by atoms with Gasteiger partial charge in [0, 0.05) is 19.3 Å². The fourth-order valence-electron chi connectivity index (χ4n) is 2.71. The Morgan fingerprint density at radius 1 is 1.43 bits per heavy atom. The normalized spacial score (nSPS) is 20.9. The van der Waals surface area contributed by atoms with Crippen LogP contribution in [-0.4, -0.2) is 47.9 Å². The first-order valence-corrected chi connectivity index (χ1v) is 7.55. The van der Waals surface area contributed by atoms with E-state index in [0.29, 0.717) is 19.5 Å². The monoisotopic (exact) mass is 339 g/mol. The van der Waals surface area contributed by atoms with E-state index in [0.717, 1.165) is 0 Å². The number of methoxy groups -OCH3 is 1. The quantitative estimate of drug-likeness (QED) is 0.831. The number of carbonyl (C=O) groups excluding carboxylic acids is 3. The minimum absolute atomic E-state index is 0.0242. The van der Waals surface area contributed by atoms with Gasteiger partial charge >= 0.3 is 5.97 Å². The van der Waals surface area contributed by atoms with Gasteiger partial charge in [-0.2, -0.15) is 0 Å². The highest BCUT2D eigenvalue weighted by Crippen LogP contribution is 2.26. The highest BCUT2D eigenvalue weighted by molar-refractivity contribution is 6.33. The molecule has 0 aromatic carbocycles. The smallest absolute Gasteiger partial charge is 0.309 e. The van der Waals surface area contributed by atoms with E-state index in [9.17, 15) is 14.4 Å². The van der Waals surface area contributed by atoms with Crippen LogP contribution in [-0.2, 0) is 9.53 Å². The lowest BCUT2D eigenvalue weighted by atomic mass is 9.87. The van der Waals surface area contributed by atoms with Crippen LogP contribution in [0.25, 0.3) is 0 Å². The second-order valence-electron chi connectivity index (χ2n) is 5.57. The lowest BCUT2D eigenvalue weighted by Crippen LogP contribution is -2.45. The predicted molar refractivity (Wildman–Crippen MR) is 83.0 cm³/mol. The number of primary amides is 1. The standard InChI is InChI=1S/C15H18ClN3O4/c1-8-7-19(4-3-10(8)15(22)23-2)14(21)12-11(16)5-9(6-18-12)13(17)20/h5-6,8,10H,3-4,7H2,1-2H3,(H2,17,20)/t8-,10-/m1/s1. The van der Waals surface area contributed by atoms with Gasteiger partial charge in [0.15, 0.2) is 0 Å². The molecule has 124 valence electrons. The molecule has 0 spiro atoms. The molecule has 0 aliphatic carbocycles. The minimum atomic E-state index is -0.661. The maximum Gasteiger partial charge on any atom is 0.309 e. The molecule has 1 fully saturated rings. The number of likely N-dealkylation sites (tertiary alicyclic amines) is 1. The van der Waals surface area contributed by atoms with Crippen LogP contribution in [0.5, 0.6) is 0 Å². The second-order valence-corrected chi connectivity index (χ2v) is 5.97. The van der Waals surface area contributed by atoms with Crippen molar-refractivity contribution in [3.63, 3.8) is 0 Å². The van der Waals surface area contributed by atoms with Crippen molar-refractivity contribution in [2.75, 3.05) is 20.2 Å². The van der Waals surface area contributed by atoms with Crippen molar-refractivity contribution in [1.82, 2.24) is 9.88 Å². The van der Waals surface area contributed by atoms with E-state index < -0.39 is 5.91 Å². The number of nitrogens with zero attached hydrogens (tertiary/aromatic N) is 2. The summed E-state index contributed by atoms with van der Waals surface area (Å²) in [5, 5.41) is 0.0778.